The SMILES string of the molecule is C#CCN1CCC2(CCC2)C1. The van der Waals surface area contributed by atoms with Crippen molar-refractivity contribution in [2.45, 2.75) is 25.7 Å². The third kappa shape index (κ3) is 1.16. The fourth-order valence-electron chi connectivity index (χ4n) is 2.38. The molecule has 2 fully saturated rings. The second kappa shape index (κ2) is 2.53. The first-order valence-electron chi connectivity index (χ1n) is 4.51. The molecular weight excluding hydrogens is 134 g/mol. The van der Waals surface area contributed by atoms with Crippen molar-refractivity contribution >= 4 is 0 Å². The van der Waals surface area contributed by atoms with Gasteiger partial charge in [0.05, 0.1) is 6.54 Å². The number of nitrogens with zero attached hydrogens (tertiary/aromatic N) is 1. The van der Waals surface area contributed by atoms with E-state index >= 15 is 0 Å². The van der Waals surface area contributed by atoms with E-state index in [4.69, 9.17) is 6.42 Å². The molecule has 1 heterocycles. The van der Waals surface area contributed by atoms with Gasteiger partial charge in [-0.3, -0.25) is 4.90 Å². The first-order chi connectivity index (χ1) is 5.35. The van der Waals surface area contributed by atoms with Crippen LogP contribution in [0.15, 0.2) is 0 Å². The van der Waals surface area contributed by atoms with Gasteiger partial charge in [0.2, 0.25) is 0 Å². The van der Waals surface area contributed by atoms with Gasteiger partial charge in [-0.15, -0.1) is 6.42 Å². The number of rotatable bonds is 1. The summed E-state index contributed by atoms with van der Waals surface area (Å²) in [4.78, 5) is 2.42. The fourth-order valence-corrected chi connectivity index (χ4v) is 2.38. The maximum atomic E-state index is 5.26. The lowest BCUT2D eigenvalue weighted by atomic mass is 9.68. The molecule has 1 saturated carbocycles. The normalized spacial score (nSPS) is 28.3. The standard InChI is InChI=1S/C10H15N/c1-2-7-11-8-6-10(9-11)4-3-5-10/h1H,3-9H2. The van der Waals surface area contributed by atoms with Gasteiger partial charge in [-0.1, -0.05) is 12.3 Å². The van der Waals surface area contributed by atoms with E-state index in [0.29, 0.717) is 0 Å². The summed E-state index contributed by atoms with van der Waals surface area (Å²) >= 11 is 0. The van der Waals surface area contributed by atoms with Crippen molar-refractivity contribution in [3.05, 3.63) is 0 Å². The van der Waals surface area contributed by atoms with Gasteiger partial charge >= 0.3 is 0 Å². The first-order valence-corrected chi connectivity index (χ1v) is 4.51. The number of hydrogen-bond donors (Lipinski definition) is 0. The Morgan fingerprint density at radius 3 is 2.64 bits per heavy atom. The lowest BCUT2D eigenvalue weighted by molar-refractivity contribution is 0.143. The zero-order valence-electron chi connectivity index (χ0n) is 6.97. The molecule has 0 amide bonds. The van der Waals surface area contributed by atoms with E-state index in [-0.39, 0.29) is 0 Å². The molecule has 1 aliphatic carbocycles. The molecule has 1 spiro atoms. The average Bonchev–Trinajstić information content (AvgIpc) is 2.32. The number of hydrogen-bond acceptors (Lipinski definition) is 1. The molecule has 1 saturated heterocycles. The van der Waals surface area contributed by atoms with E-state index in [1.165, 1.54) is 38.8 Å². The van der Waals surface area contributed by atoms with E-state index in [2.05, 4.69) is 10.8 Å². The minimum absolute atomic E-state index is 0.719. The van der Waals surface area contributed by atoms with Crippen LogP contribution in [-0.4, -0.2) is 24.5 Å². The van der Waals surface area contributed by atoms with Crippen molar-refractivity contribution in [1.29, 1.82) is 0 Å². The summed E-state index contributed by atoms with van der Waals surface area (Å²) in [6, 6.07) is 0. The highest BCUT2D eigenvalue weighted by Crippen LogP contribution is 2.47. The molecule has 11 heavy (non-hydrogen) atoms. The van der Waals surface area contributed by atoms with E-state index in [1.54, 1.807) is 0 Å². The molecule has 0 aromatic heterocycles. The highest BCUT2D eigenvalue weighted by molar-refractivity contribution is 4.99. The monoisotopic (exact) mass is 149 g/mol. The number of likely N-dealkylation sites (tertiary alicyclic amines) is 1. The Hall–Kier alpha value is -0.480. The molecule has 0 bridgehead atoms. The van der Waals surface area contributed by atoms with Crippen LogP contribution in [0.4, 0.5) is 0 Å². The van der Waals surface area contributed by atoms with Gasteiger partial charge in [-0.05, 0) is 31.2 Å². The lowest BCUT2D eigenvalue weighted by Gasteiger charge is -2.38. The molecular formula is C10H15N. The average molecular weight is 149 g/mol. The maximum absolute atomic E-state index is 5.26. The fraction of sp³-hybridized carbons (Fsp3) is 0.800. The highest BCUT2D eigenvalue weighted by atomic mass is 15.2. The summed E-state index contributed by atoms with van der Waals surface area (Å²) in [7, 11) is 0. The lowest BCUT2D eigenvalue weighted by Crippen LogP contribution is -2.33. The Morgan fingerprint density at radius 1 is 1.36 bits per heavy atom. The van der Waals surface area contributed by atoms with Crippen LogP contribution in [0.5, 0.6) is 0 Å². The second-order valence-electron chi connectivity index (χ2n) is 4.02. The molecule has 0 unspecified atom stereocenters. The van der Waals surface area contributed by atoms with Gasteiger partial charge in [0.25, 0.3) is 0 Å². The van der Waals surface area contributed by atoms with Crippen LogP contribution >= 0.6 is 0 Å². The number of terminal acetylenes is 1. The molecule has 0 aromatic rings. The van der Waals surface area contributed by atoms with Crippen LogP contribution in [0.25, 0.3) is 0 Å². The Morgan fingerprint density at radius 2 is 2.18 bits per heavy atom. The summed E-state index contributed by atoms with van der Waals surface area (Å²) in [6.07, 6.45) is 11.0. The topological polar surface area (TPSA) is 3.24 Å². The van der Waals surface area contributed by atoms with Crippen molar-refractivity contribution < 1.29 is 0 Å². The van der Waals surface area contributed by atoms with E-state index in [0.717, 1.165) is 12.0 Å². The van der Waals surface area contributed by atoms with Crippen LogP contribution < -0.4 is 0 Å². The van der Waals surface area contributed by atoms with Crippen LogP contribution in [0.1, 0.15) is 25.7 Å². The van der Waals surface area contributed by atoms with Gasteiger partial charge < -0.3 is 0 Å². The third-order valence-corrected chi connectivity index (χ3v) is 3.25. The Labute approximate surface area is 68.8 Å². The van der Waals surface area contributed by atoms with Crippen molar-refractivity contribution in [3.8, 4) is 12.3 Å². The molecule has 2 aliphatic rings. The van der Waals surface area contributed by atoms with Crippen LogP contribution in [-0.2, 0) is 0 Å². The first kappa shape index (κ1) is 7.18. The van der Waals surface area contributed by atoms with Gasteiger partial charge in [0, 0.05) is 6.54 Å². The molecule has 0 N–H and O–H groups in total. The van der Waals surface area contributed by atoms with Crippen molar-refractivity contribution in [2.24, 2.45) is 5.41 Å². The van der Waals surface area contributed by atoms with E-state index in [1.807, 2.05) is 0 Å². The Bertz CT molecular complexity index is 186. The molecule has 0 aromatic carbocycles. The van der Waals surface area contributed by atoms with Crippen molar-refractivity contribution in [1.82, 2.24) is 4.90 Å². The zero-order valence-corrected chi connectivity index (χ0v) is 6.97. The van der Waals surface area contributed by atoms with Crippen LogP contribution in [0.2, 0.25) is 0 Å². The van der Waals surface area contributed by atoms with Gasteiger partial charge in [-0.25, -0.2) is 0 Å². The van der Waals surface area contributed by atoms with E-state index < -0.39 is 0 Å². The summed E-state index contributed by atoms with van der Waals surface area (Å²) in [5, 5.41) is 0. The van der Waals surface area contributed by atoms with Gasteiger partial charge in [0.15, 0.2) is 0 Å². The van der Waals surface area contributed by atoms with Gasteiger partial charge in [0.1, 0.15) is 0 Å². The van der Waals surface area contributed by atoms with Gasteiger partial charge in [-0.2, -0.15) is 0 Å². The quantitative estimate of drug-likeness (QED) is 0.511. The third-order valence-electron chi connectivity index (χ3n) is 3.25. The molecule has 60 valence electrons. The molecule has 0 atom stereocenters. The molecule has 1 aliphatic heterocycles. The van der Waals surface area contributed by atoms with Crippen molar-refractivity contribution in [3.63, 3.8) is 0 Å². The van der Waals surface area contributed by atoms with Crippen LogP contribution in [0.3, 0.4) is 0 Å². The molecule has 2 rings (SSSR count). The smallest absolute Gasteiger partial charge is 0.0599 e. The summed E-state index contributed by atoms with van der Waals surface area (Å²) < 4.78 is 0. The predicted octanol–water partition coefficient (Wildman–Crippen LogP) is 1.50. The Balaban J connectivity index is 1.89. The highest BCUT2D eigenvalue weighted by Gasteiger charge is 2.42. The minimum atomic E-state index is 0.719. The minimum Gasteiger partial charge on any atom is -0.292 e. The van der Waals surface area contributed by atoms with E-state index in [9.17, 15) is 0 Å². The zero-order chi connectivity index (χ0) is 7.73. The summed E-state index contributed by atoms with van der Waals surface area (Å²) in [5.74, 6) is 2.72. The van der Waals surface area contributed by atoms with Crippen molar-refractivity contribution in [2.75, 3.05) is 19.6 Å². The molecule has 1 nitrogen and oxygen atoms in total. The molecule has 1 heteroatoms. The second-order valence-corrected chi connectivity index (χ2v) is 4.02. The predicted molar refractivity (Wildman–Crippen MR) is 46.2 cm³/mol. The maximum Gasteiger partial charge on any atom is 0.0599 e. The Kier molecular flexibility index (Phi) is 1.65. The largest absolute Gasteiger partial charge is 0.292 e. The van der Waals surface area contributed by atoms with Crippen LogP contribution in [0, 0.1) is 17.8 Å². The molecule has 0 radical (unpaired) electrons. The summed E-state index contributed by atoms with van der Waals surface area (Å²) in [6.45, 7) is 3.38. The summed E-state index contributed by atoms with van der Waals surface area (Å²) in [5.41, 5.74) is 0.719.